The molecule has 10 heavy (non-hydrogen) atoms. The second-order valence-electron chi connectivity index (χ2n) is 2.51. The Morgan fingerprint density at radius 1 is 1.50 bits per heavy atom. The van der Waals surface area contributed by atoms with Gasteiger partial charge in [-0.15, -0.1) is 0 Å². The van der Waals surface area contributed by atoms with Crippen LogP contribution in [0.15, 0.2) is 0 Å². The fourth-order valence-electron chi connectivity index (χ4n) is 0.910. The molecule has 0 aromatic heterocycles. The first-order valence-electron chi connectivity index (χ1n) is 3.87. The van der Waals surface area contributed by atoms with Crippen LogP contribution in [0.25, 0.3) is 0 Å². The Bertz CT molecular complexity index is 104. The highest BCUT2D eigenvalue weighted by atomic mass is 31.1. The summed E-state index contributed by atoms with van der Waals surface area (Å²) in [5.41, 5.74) is 0.0370. The Hall–Kier alpha value is 0.0600. The Morgan fingerprint density at radius 2 is 2.10 bits per heavy atom. The smallest absolute Gasteiger partial charge is 0.161 e. The summed E-state index contributed by atoms with van der Waals surface area (Å²) >= 11 is 0. The second-order valence-corrected chi connectivity index (χ2v) is 3.84. The molecule has 0 bridgehead atoms. The molecule has 0 aliphatic rings. The molecule has 0 rings (SSSR count). The number of hydrogen-bond acceptors (Lipinski definition) is 1. The van der Waals surface area contributed by atoms with E-state index >= 15 is 0 Å². The third-order valence-corrected chi connectivity index (χ3v) is 2.92. The molecule has 3 heteroatoms. The minimum Gasteiger partial charge on any atom is -0.161 e. The van der Waals surface area contributed by atoms with E-state index in [1.807, 2.05) is 6.92 Å². The molecule has 2 atom stereocenters. The van der Waals surface area contributed by atoms with Gasteiger partial charge in [0.2, 0.25) is 0 Å². The van der Waals surface area contributed by atoms with E-state index in [-0.39, 0.29) is 5.66 Å². The predicted octanol–water partition coefficient (Wildman–Crippen LogP) is 2.69. The summed E-state index contributed by atoms with van der Waals surface area (Å²) in [6, 6.07) is 0. The average Bonchev–Trinajstić information content (AvgIpc) is 1.89. The van der Waals surface area contributed by atoms with Gasteiger partial charge in [-0.1, -0.05) is 20.3 Å². The summed E-state index contributed by atoms with van der Waals surface area (Å²) in [7, 11) is -1.93. The van der Waals surface area contributed by atoms with Gasteiger partial charge in [0.1, 0.15) is 0 Å². The molecule has 0 aliphatic carbocycles. The lowest BCUT2D eigenvalue weighted by molar-refractivity contribution is 0.477. The number of unbranched alkanes of at least 4 members (excludes halogenated alkanes) is 1. The Balaban J connectivity index is 3.50. The van der Waals surface area contributed by atoms with Crippen molar-refractivity contribution < 1.29 is 9.46 Å². The van der Waals surface area contributed by atoms with Crippen molar-refractivity contribution in [3.8, 4) is 0 Å². The van der Waals surface area contributed by atoms with Gasteiger partial charge in [-0.2, -0.15) is 4.89 Å². The molecule has 0 saturated heterocycles. The molecule has 0 saturated carbocycles. The van der Waals surface area contributed by atoms with E-state index in [1.165, 1.54) is 0 Å². The Kier molecular flexibility index (Phi) is 5.85. The maximum absolute atomic E-state index is 10.6. The van der Waals surface area contributed by atoms with Crippen LogP contribution >= 0.6 is 8.03 Å². The van der Waals surface area contributed by atoms with E-state index in [0.717, 1.165) is 25.7 Å². The van der Waals surface area contributed by atoms with Crippen LogP contribution in [0.2, 0.25) is 0 Å². The zero-order valence-electron chi connectivity index (χ0n) is 6.71. The monoisotopic (exact) mass is 163 g/mol. The minimum absolute atomic E-state index is 0.0370. The Labute approximate surface area is 63.5 Å². The number of hydrogen-bond donors (Lipinski definition) is 1. The number of rotatable bonds is 5. The lowest BCUT2D eigenvalue weighted by Gasteiger charge is -1.97. The first-order valence-corrected chi connectivity index (χ1v) is 5.15. The molecule has 0 amide bonds. The third kappa shape index (κ3) is 3.97. The van der Waals surface area contributed by atoms with Crippen LogP contribution in [0.4, 0.5) is 0 Å². The summed E-state index contributed by atoms with van der Waals surface area (Å²) in [5, 5.41) is 0. The van der Waals surface area contributed by atoms with Crippen LogP contribution in [-0.4, -0.2) is 10.6 Å². The van der Waals surface area contributed by atoms with Crippen LogP contribution in [0.5, 0.6) is 0 Å². The molecule has 2 nitrogen and oxygen atoms in total. The van der Waals surface area contributed by atoms with Crippen molar-refractivity contribution in [2.75, 3.05) is 0 Å². The first kappa shape index (κ1) is 10.1. The topological polar surface area (TPSA) is 37.3 Å². The second kappa shape index (κ2) is 5.82. The maximum atomic E-state index is 10.6. The predicted molar refractivity (Wildman–Crippen MR) is 43.4 cm³/mol. The van der Waals surface area contributed by atoms with E-state index in [0.29, 0.717) is 0 Å². The van der Waals surface area contributed by atoms with Gasteiger partial charge in [0.15, 0.2) is 5.66 Å². The van der Waals surface area contributed by atoms with Gasteiger partial charge in [-0.05, 0) is 23.8 Å². The molecule has 0 spiro atoms. The highest BCUT2D eigenvalue weighted by Gasteiger charge is 2.25. The third-order valence-electron chi connectivity index (χ3n) is 1.67. The van der Waals surface area contributed by atoms with Gasteiger partial charge >= 0.3 is 8.03 Å². The van der Waals surface area contributed by atoms with Crippen molar-refractivity contribution >= 4 is 8.03 Å². The van der Waals surface area contributed by atoms with E-state index in [4.69, 9.17) is 4.89 Å². The Morgan fingerprint density at radius 3 is 2.40 bits per heavy atom. The summed E-state index contributed by atoms with van der Waals surface area (Å²) in [6.45, 7) is 4.06. The SMILES string of the molecule is CCCCC(CC)[P+](=O)O. The zero-order chi connectivity index (χ0) is 7.98. The molecule has 0 aromatic carbocycles. The van der Waals surface area contributed by atoms with Crippen molar-refractivity contribution in [3.05, 3.63) is 0 Å². The van der Waals surface area contributed by atoms with E-state index in [9.17, 15) is 4.57 Å². The summed E-state index contributed by atoms with van der Waals surface area (Å²) in [4.78, 5) is 8.75. The molecule has 0 radical (unpaired) electrons. The quantitative estimate of drug-likeness (QED) is 0.632. The van der Waals surface area contributed by atoms with Gasteiger partial charge < -0.3 is 0 Å². The van der Waals surface area contributed by atoms with Crippen molar-refractivity contribution in [1.29, 1.82) is 0 Å². The van der Waals surface area contributed by atoms with Gasteiger partial charge in [0.05, 0.1) is 0 Å². The average molecular weight is 163 g/mol. The lowest BCUT2D eigenvalue weighted by atomic mass is 10.2. The summed E-state index contributed by atoms with van der Waals surface area (Å²) in [6.07, 6.45) is 3.91. The molecule has 0 aromatic rings. The molecule has 2 unspecified atom stereocenters. The van der Waals surface area contributed by atoms with Crippen LogP contribution in [0.1, 0.15) is 39.5 Å². The fourth-order valence-corrected chi connectivity index (χ4v) is 1.63. The molecule has 0 heterocycles. The lowest BCUT2D eigenvalue weighted by Crippen LogP contribution is -1.99. The van der Waals surface area contributed by atoms with Crippen LogP contribution < -0.4 is 0 Å². The van der Waals surface area contributed by atoms with E-state index < -0.39 is 8.03 Å². The molecular formula is C7H16O2P+. The first-order chi connectivity index (χ1) is 4.72. The van der Waals surface area contributed by atoms with Gasteiger partial charge in [-0.25, -0.2) is 0 Å². The van der Waals surface area contributed by atoms with Crippen molar-refractivity contribution in [2.24, 2.45) is 0 Å². The fraction of sp³-hybridized carbons (Fsp3) is 1.00. The summed E-state index contributed by atoms with van der Waals surface area (Å²) < 4.78 is 10.6. The normalized spacial score (nSPS) is 14.9. The summed E-state index contributed by atoms with van der Waals surface area (Å²) in [5.74, 6) is 0. The minimum atomic E-state index is -1.93. The highest BCUT2D eigenvalue weighted by Crippen LogP contribution is 2.29. The molecular weight excluding hydrogens is 147 g/mol. The maximum Gasteiger partial charge on any atom is 0.508 e. The van der Waals surface area contributed by atoms with Crippen LogP contribution in [-0.2, 0) is 4.57 Å². The van der Waals surface area contributed by atoms with E-state index in [1.54, 1.807) is 0 Å². The van der Waals surface area contributed by atoms with Gasteiger partial charge in [0.25, 0.3) is 0 Å². The van der Waals surface area contributed by atoms with Gasteiger partial charge in [-0.3, -0.25) is 0 Å². The molecule has 60 valence electrons. The van der Waals surface area contributed by atoms with Gasteiger partial charge in [0, 0.05) is 0 Å². The van der Waals surface area contributed by atoms with E-state index in [2.05, 4.69) is 6.92 Å². The highest BCUT2D eigenvalue weighted by molar-refractivity contribution is 7.38. The van der Waals surface area contributed by atoms with Crippen LogP contribution in [0, 0.1) is 0 Å². The standard InChI is InChI=1S/C7H15O2P/c1-3-5-6-7(4-2)10(8)9/h7H,3-6H2,1-2H3/p+1. The largest absolute Gasteiger partial charge is 0.508 e. The molecule has 1 N–H and O–H groups in total. The van der Waals surface area contributed by atoms with Crippen molar-refractivity contribution in [3.63, 3.8) is 0 Å². The van der Waals surface area contributed by atoms with Crippen LogP contribution in [0.3, 0.4) is 0 Å². The van der Waals surface area contributed by atoms with Crippen molar-refractivity contribution in [2.45, 2.75) is 45.2 Å². The zero-order valence-corrected chi connectivity index (χ0v) is 7.60. The van der Waals surface area contributed by atoms with Crippen molar-refractivity contribution in [1.82, 2.24) is 0 Å². The molecule has 0 fully saturated rings. The molecule has 0 aliphatic heterocycles.